The van der Waals surface area contributed by atoms with Crippen LogP contribution in [0.25, 0.3) is 5.70 Å². The quantitative estimate of drug-likeness (QED) is 0.845. The van der Waals surface area contributed by atoms with Gasteiger partial charge in [0.15, 0.2) is 18.2 Å². The van der Waals surface area contributed by atoms with Crippen molar-refractivity contribution in [3.63, 3.8) is 0 Å². The predicted molar refractivity (Wildman–Crippen MR) is 88.9 cm³/mol. The summed E-state index contributed by atoms with van der Waals surface area (Å²) in [6.45, 7) is 0.468. The fraction of sp³-hybridized carbons (Fsp3) is 0.222. The van der Waals surface area contributed by atoms with Crippen LogP contribution in [0.5, 0.6) is 17.2 Å². The summed E-state index contributed by atoms with van der Waals surface area (Å²) in [4.78, 5) is 2.08. The molecule has 1 aliphatic rings. The van der Waals surface area contributed by atoms with Crippen LogP contribution in [0.15, 0.2) is 48.7 Å². The Balaban J connectivity index is 2.04. The van der Waals surface area contributed by atoms with Crippen molar-refractivity contribution in [2.75, 3.05) is 33.0 Å². The minimum atomic E-state index is 0.468. The summed E-state index contributed by atoms with van der Waals surface area (Å²) in [5.74, 6) is 1.80. The smallest absolute Gasteiger partial charge is 0.203 e. The Kier molecular flexibility index (Phi) is 4.28. The Labute approximate surface area is 135 Å². The number of rotatable bonds is 5. The number of methoxy groups -OCH3 is 3. The third-order valence-corrected chi connectivity index (χ3v) is 3.72. The maximum atomic E-state index is 5.53. The van der Waals surface area contributed by atoms with Crippen molar-refractivity contribution >= 4 is 11.4 Å². The zero-order valence-electron chi connectivity index (χ0n) is 13.4. The van der Waals surface area contributed by atoms with Crippen LogP contribution in [0.4, 0.5) is 5.69 Å². The van der Waals surface area contributed by atoms with Crippen LogP contribution in [-0.4, -0.2) is 28.1 Å². The molecule has 0 N–H and O–H groups in total. The van der Waals surface area contributed by atoms with Gasteiger partial charge in [0.05, 0.1) is 27.0 Å². The lowest BCUT2D eigenvalue weighted by Crippen LogP contribution is -2.18. The molecule has 0 fully saturated rings. The topological polar surface area (TPSA) is 40.2 Å². The van der Waals surface area contributed by atoms with Crippen LogP contribution < -0.4 is 19.1 Å². The van der Waals surface area contributed by atoms with E-state index in [2.05, 4.69) is 4.90 Å². The van der Waals surface area contributed by atoms with Crippen molar-refractivity contribution in [3.05, 3.63) is 54.3 Å². The van der Waals surface area contributed by atoms with E-state index in [1.165, 1.54) is 0 Å². The second-order valence-corrected chi connectivity index (χ2v) is 4.98. The molecule has 0 radical (unpaired) electrons. The standard InChI is InChI=1S/C18H19NO4/c1-20-16-9-13(10-17(21-2)18(16)22-3)15-11-23-12-19(15)14-7-5-4-6-8-14/h4-11H,12H2,1-3H3. The molecule has 1 heterocycles. The minimum Gasteiger partial charge on any atom is -0.493 e. The molecule has 23 heavy (non-hydrogen) atoms. The molecule has 2 aromatic rings. The number of anilines is 1. The van der Waals surface area contributed by atoms with Crippen molar-refractivity contribution in [2.24, 2.45) is 0 Å². The summed E-state index contributed by atoms with van der Waals surface area (Å²) >= 11 is 0. The molecule has 0 aromatic heterocycles. The number of ether oxygens (including phenoxy) is 4. The summed E-state index contributed by atoms with van der Waals surface area (Å²) in [7, 11) is 4.80. The van der Waals surface area contributed by atoms with E-state index in [4.69, 9.17) is 18.9 Å². The SMILES string of the molecule is COc1cc(C2=COCN2c2ccccc2)cc(OC)c1OC. The molecule has 5 nitrogen and oxygen atoms in total. The van der Waals surface area contributed by atoms with Gasteiger partial charge in [0, 0.05) is 11.3 Å². The number of para-hydroxylation sites is 1. The Bertz CT molecular complexity index is 687. The van der Waals surface area contributed by atoms with Gasteiger partial charge in [-0.1, -0.05) is 18.2 Å². The molecule has 0 amide bonds. The molecular weight excluding hydrogens is 294 g/mol. The summed E-state index contributed by atoms with van der Waals surface area (Å²) in [5, 5.41) is 0. The van der Waals surface area contributed by atoms with Gasteiger partial charge in [-0.05, 0) is 24.3 Å². The van der Waals surface area contributed by atoms with E-state index in [1.807, 2.05) is 42.5 Å². The van der Waals surface area contributed by atoms with Gasteiger partial charge in [0.1, 0.15) is 6.26 Å². The van der Waals surface area contributed by atoms with E-state index in [0.29, 0.717) is 24.0 Å². The maximum absolute atomic E-state index is 5.53. The average molecular weight is 313 g/mol. The van der Waals surface area contributed by atoms with Crippen molar-refractivity contribution in [2.45, 2.75) is 0 Å². The van der Waals surface area contributed by atoms with Gasteiger partial charge in [-0.25, -0.2) is 0 Å². The van der Waals surface area contributed by atoms with Crippen LogP contribution in [0, 0.1) is 0 Å². The van der Waals surface area contributed by atoms with Gasteiger partial charge in [0.2, 0.25) is 5.75 Å². The summed E-state index contributed by atoms with van der Waals surface area (Å²) in [6, 6.07) is 13.9. The van der Waals surface area contributed by atoms with Crippen molar-refractivity contribution in [1.82, 2.24) is 0 Å². The fourth-order valence-corrected chi connectivity index (χ4v) is 2.60. The number of hydrogen-bond acceptors (Lipinski definition) is 5. The number of hydrogen-bond donors (Lipinski definition) is 0. The first-order chi connectivity index (χ1) is 11.3. The molecule has 0 bridgehead atoms. The maximum Gasteiger partial charge on any atom is 0.203 e. The third kappa shape index (κ3) is 2.77. The highest BCUT2D eigenvalue weighted by Crippen LogP contribution is 2.41. The Morgan fingerprint density at radius 1 is 0.913 bits per heavy atom. The highest BCUT2D eigenvalue weighted by atomic mass is 16.5. The monoisotopic (exact) mass is 313 g/mol. The van der Waals surface area contributed by atoms with E-state index in [1.54, 1.807) is 27.6 Å². The van der Waals surface area contributed by atoms with E-state index in [0.717, 1.165) is 16.9 Å². The van der Waals surface area contributed by atoms with Crippen molar-refractivity contribution in [3.8, 4) is 17.2 Å². The molecule has 2 aromatic carbocycles. The highest BCUT2D eigenvalue weighted by Gasteiger charge is 2.23. The Morgan fingerprint density at radius 2 is 1.57 bits per heavy atom. The molecule has 1 aliphatic heterocycles. The predicted octanol–water partition coefficient (Wildman–Crippen LogP) is 3.51. The lowest BCUT2D eigenvalue weighted by molar-refractivity contribution is 0.282. The lowest BCUT2D eigenvalue weighted by atomic mass is 10.1. The molecule has 0 spiro atoms. The Morgan fingerprint density at radius 3 is 2.13 bits per heavy atom. The molecule has 0 saturated heterocycles. The van der Waals surface area contributed by atoms with Crippen LogP contribution in [-0.2, 0) is 4.74 Å². The molecule has 0 aliphatic carbocycles. The second-order valence-electron chi connectivity index (χ2n) is 4.98. The largest absolute Gasteiger partial charge is 0.493 e. The molecule has 0 saturated carbocycles. The molecular formula is C18H19NO4. The fourth-order valence-electron chi connectivity index (χ4n) is 2.60. The van der Waals surface area contributed by atoms with Gasteiger partial charge < -0.3 is 23.8 Å². The van der Waals surface area contributed by atoms with Gasteiger partial charge in [-0.2, -0.15) is 0 Å². The van der Waals surface area contributed by atoms with E-state index < -0.39 is 0 Å². The first-order valence-electron chi connectivity index (χ1n) is 7.23. The molecule has 5 heteroatoms. The number of nitrogens with zero attached hydrogens (tertiary/aromatic N) is 1. The number of benzene rings is 2. The first kappa shape index (κ1) is 15.1. The molecule has 0 unspecified atom stereocenters. The summed E-state index contributed by atoms with van der Waals surface area (Å²) in [6.07, 6.45) is 1.74. The average Bonchev–Trinajstić information content (AvgIpc) is 3.10. The third-order valence-electron chi connectivity index (χ3n) is 3.72. The minimum absolute atomic E-state index is 0.468. The van der Waals surface area contributed by atoms with Crippen LogP contribution in [0.1, 0.15) is 5.56 Å². The van der Waals surface area contributed by atoms with Crippen LogP contribution in [0.2, 0.25) is 0 Å². The van der Waals surface area contributed by atoms with Crippen LogP contribution in [0.3, 0.4) is 0 Å². The summed E-state index contributed by atoms with van der Waals surface area (Å²) < 4.78 is 21.8. The molecule has 3 rings (SSSR count). The Hall–Kier alpha value is -2.82. The van der Waals surface area contributed by atoms with Gasteiger partial charge >= 0.3 is 0 Å². The van der Waals surface area contributed by atoms with Gasteiger partial charge in [0.25, 0.3) is 0 Å². The van der Waals surface area contributed by atoms with Gasteiger partial charge in [-0.15, -0.1) is 0 Å². The van der Waals surface area contributed by atoms with Gasteiger partial charge in [-0.3, -0.25) is 0 Å². The zero-order valence-corrected chi connectivity index (χ0v) is 13.4. The lowest BCUT2D eigenvalue weighted by Gasteiger charge is -2.21. The first-order valence-corrected chi connectivity index (χ1v) is 7.23. The van der Waals surface area contributed by atoms with Crippen molar-refractivity contribution < 1.29 is 18.9 Å². The van der Waals surface area contributed by atoms with Crippen LogP contribution >= 0.6 is 0 Å². The highest BCUT2D eigenvalue weighted by molar-refractivity contribution is 5.82. The molecule has 120 valence electrons. The van der Waals surface area contributed by atoms with Crippen molar-refractivity contribution in [1.29, 1.82) is 0 Å². The van der Waals surface area contributed by atoms with E-state index >= 15 is 0 Å². The normalized spacial score (nSPS) is 13.3. The molecule has 0 atom stereocenters. The van der Waals surface area contributed by atoms with E-state index in [9.17, 15) is 0 Å². The van der Waals surface area contributed by atoms with E-state index in [-0.39, 0.29) is 0 Å². The summed E-state index contributed by atoms with van der Waals surface area (Å²) in [5.41, 5.74) is 2.93. The zero-order chi connectivity index (χ0) is 16.2. The second kappa shape index (κ2) is 6.52.